The van der Waals surface area contributed by atoms with E-state index in [1.165, 1.54) is 6.92 Å². The van der Waals surface area contributed by atoms with Crippen molar-refractivity contribution < 1.29 is 19.1 Å². The molecule has 0 aliphatic carbocycles. The number of rotatable bonds is 7. The number of imide groups is 1. The molecule has 7 nitrogen and oxygen atoms in total. The summed E-state index contributed by atoms with van der Waals surface area (Å²) in [6.45, 7) is 5.71. The van der Waals surface area contributed by atoms with Gasteiger partial charge in [0.25, 0.3) is 11.8 Å². The molecule has 0 fully saturated rings. The molecular formula is C27H25N3O4. The van der Waals surface area contributed by atoms with Crippen LogP contribution >= 0.6 is 0 Å². The van der Waals surface area contributed by atoms with Gasteiger partial charge in [0.2, 0.25) is 5.91 Å². The Balaban J connectivity index is 1.76. The Labute approximate surface area is 198 Å². The highest BCUT2D eigenvalue weighted by Crippen LogP contribution is 2.36. The van der Waals surface area contributed by atoms with Gasteiger partial charge < -0.3 is 15.4 Å². The van der Waals surface area contributed by atoms with E-state index in [4.69, 9.17) is 4.74 Å². The van der Waals surface area contributed by atoms with Crippen molar-refractivity contribution in [1.82, 2.24) is 0 Å². The van der Waals surface area contributed by atoms with Gasteiger partial charge in [-0.2, -0.15) is 0 Å². The van der Waals surface area contributed by atoms with Crippen molar-refractivity contribution in [3.63, 3.8) is 0 Å². The molecule has 34 heavy (non-hydrogen) atoms. The molecule has 0 saturated carbocycles. The molecular weight excluding hydrogens is 430 g/mol. The van der Waals surface area contributed by atoms with Crippen LogP contribution in [0, 0.1) is 6.92 Å². The molecule has 0 unspecified atom stereocenters. The van der Waals surface area contributed by atoms with Crippen LogP contribution in [0.25, 0.3) is 5.57 Å². The van der Waals surface area contributed by atoms with E-state index in [9.17, 15) is 14.4 Å². The molecule has 3 aromatic rings. The number of nitrogens with zero attached hydrogens (tertiary/aromatic N) is 1. The summed E-state index contributed by atoms with van der Waals surface area (Å²) in [7, 11) is 0. The lowest BCUT2D eigenvalue weighted by atomic mass is 10.0. The minimum Gasteiger partial charge on any atom is -0.492 e. The largest absolute Gasteiger partial charge is 0.492 e. The zero-order chi connectivity index (χ0) is 24.2. The van der Waals surface area contributed by atoms with E-state index in [0.29, 0.717) is 35.0 Å². The van der Waals surface area contributed by atoms with E-state index < -0.39 is 11.8 Å². The smallest absolute Gasteiger partial charge is 0.282 e. The van der Waals surface area contributed by atoms with Crippen molar-refractivity contribution >= 4 is 40.4 Å². The number of amides is 3. The second kappa shape index (κ2) is 9.62. The van der Waals surface area contributed by atoms with Gasteiger partial charge in [-0.05, 0) is 55.8 Å². The first kappa shape index (κ1) is 22.8. The first-order chi connectivity index (χ1) is 16.4. The number of aryl methyl sites for hydroxylation is 1. The number of benzene rings is 3. The molecule has 2 N–H and O–H groups in total. The number of carbonyl (C=O) groups excluding carboxylic acids is 3. The zero-order valence-electron chi connectivity index (χ0n) is 19.2. The molecule has 3 amide bonds. The van der Waals surface area contributed by atoms with E-state index >= 15 is 0 Å². The summed E-state index contributed by atoms with van der Waals surface area (Å²) in [4.78, 5) is 39.6. The van der Waals surface area contributed by atoms with Crippen LogP contribution < -0.4 is 20.3 Å². The average Bonchev–Trinajstić information content (AvgIpc) is 3.05. The zero-order valence-corrected chi connectivity index (χ0v) is 19.2. The molecule has 0 aromatic heterocycles. The Kier molecular flexibility index (Phi) is 6.45. The summed E-state index contributed by atoms with van der Waals surface area (Å²) in [5.74, 6) is -0.528. The lowest BCUT2D eigenvalue weighted by molar-refractivity contribution is -0.120. The van der Waals surface area contributed by atoms with Gasteiger partial charge in [-0.15, -0.1) is 0 Å². The van der Waals surface area contributed by atoms with Crippen LogP contribution in [0.1, 0.15) is 25.0 Å². The summed E-state index contributed by atoms with van der Waals surface area (Å²) >= 11 is 0. The Morgan fingerprint density at radius 1 is 0.912 bits per heavy atom. The van der Waals surface area contributed by atoms with Crippen LogP contribution in [-0.2, 0) is 14.4 Å². The van der Waals surface area contributed by atoms with Gasteiger partial charge in [0.15, 0.2) is 0 Å². The summed E-state index contributed by atoms with van der Waals surface area (Å²) in [5.41, 5.74) is 3.71. The third kappa shape index (κ3) is 4.54. The fourth-order valence-corrected chi connectivity index (χ4v) is 3.75. The molecule has 1 aliphatic rings. The highest BCUT2D eigenvalue weighted by atomic mass is 16.5. The maximum atomic E-state index is 13.6. The highest BCUT2D eigenvalue weighted by molar-refractivity contribution is 6.46. The van der Waals surface area contributed by atoms with Gasteiger partial charge in [0.1, 0.15) is 11.4 Å². The molecule has 172 valence electrons. The van der Waals surface area contributed by atoms with Crippen molar-refractivity contribution in [3.8, 4) is 5.75 Å². The standard InChI is InChI=1S/C27H25N3O4/c1-4-34-23-8-6-5-7-22(23)29-25-24(19-11-9-17(2)10-12-19)26(32)30(27(25)33)21-15-13-20(14-16-21)28-18(3)31/h5-16,29H,4H2,1-3H3,(H,28,31). The first-order valence-electron chi connectivity index (χ1n) is 11.0. The minimum absolute atomic E-state index is 0.173. The van der Waals surface area contributed by atoms with E-state index in [1.54, 1.807) is 36.4 Å². The third-order valence-electron chi connectivity index (χ3n) is 5.32. The summed E-state index contributed by atoms with van der Waals surface area (Å²) in [6, 6.07) is 21.3. The second-order valence-electron chi connectivity index (χ2n) is 7.84. The van der Waals surface area contributed by atoms with Crippen molar-refractivity contribution in [2.75, 3.05) is 22.1 Å². The van der Waals surface area contributed by atoms with Crippen molar-refractivity contribution in [1.29, 1.82) is 0 Å². The number of hydrogen-bond donors (Lipinski definition) is 2. The average molecular weight is 456 g/mol. The highest BCUT2D eigenvalue weighted by Gasteiger charge is 2.40. The molecule has 0 spiro atoms. The SMILES string of the molecule is CCOc1ccccc1NC1=C(c2ccc(C)cc2)C(=O)N(c2ccc(NC(C)=O)cc2)C1=O. The maximum Gasteiger partial charge on any atom is 0.282 e. The van der Waals surface area contributed by atoms with Crippen molar-refractivity contribution in [2.24, 2.45) is 0 Å². The van der Waals surface area contributed by atoms with E-state index in [1.807, 2.05) is 50.2 Å². The van der Waals surface area contributed by atoms with E-state index in [2.05, 4.69) is 10.6 Å². The lowest BCUT2D eigenvalue weighted by Crippen LogP contribution is -2.32. The fraction of sp³-hybridized carbons (Fsp3) is 0.148. The van der Waals surface area contributed by atoms with Gasteiger partial charge >= 0.3 is 0 Å². The van der Waals surface area contributed by atoms with E-state index in [0.717, 1.165) is 10.5 Å². The molecule has 0 radical (unpaired) electrons. The van der Waals surface area contributed by atoms with Gasteiger partial charge in [-0.1, -0.05) is 42.0 Å². The Hall–Kier alpha value is -4.39. The normalized spacial score (nSPS) is 13.3. The van der Waals surface area contributed by atoms with Gasteiger partial charge in [-0.25, -0.2) is 4.90 Å². The summed E-state index contributed by atoms with van der Waals surface area (Å²) in [5, 5.41) is 5.84. The quantitative estimate of drug-likeness (QED) is 0.502. The Morgan fingerprint density at radius 2 is 1.59 bits per heavy atom. The molecule has 1 aliphatic heterocycles. The number of para-hydroxylation sites is 2. The van der Waals surface area contributed by atoms with Gasteiger partial charge in [0, 0.05) is 12.6 Å². The van der Waals surface area contributed by atoms with Crippen LogP contribution in [0.4, 0.5) is 17.1 Å². The second-order valence-corrected chi connectivity index (χ2v) is 7.84. The van der Waals surface area contributed by atoms with Gasteiger partial charge in [-0.3, -0.25) is 14.4 Å². The van der Waals surface area contributed by atoms with E-state index in [-0.39, 0.29) is 17.2 Å². The number of hydrogen-bond acceptors (Lipinski definition) is 5. The lowest BCUT2D eigenvalue weighted by Gasteiger charge is -2.16. The maximum absolute atomic E-state index is 13.6. The molecule has 4 rings (SSSR count). The Bertz CT molecular complexity index is 1280. The molecule has 0 bridgehead atoms. The molecule has 1 heterocycles. The predicted octanol–water partition coefficient (Wildman–Crippen LogP) is 4.75. The van der Waals surface area contributed by atoms with Crippen LogP contribution in [0.15, 0.2) is 78.5 Å². The van der Waals surface area contributed by atoms with Crippen LogP contribution in [-0.4, -0.2) is 24.3 Å². The number of ether oxygens (including phenoxy) is 1. The summed E-state index contributed by atoms with van der Waals surface area (Å²) in [6.07, 6.45) is 0. The molecule has 0 saturated heterocycles. The van der Waals surface area contributed by atoms with Crippen LogP contribution in [0.2, 0.25) is 0 Å². The van der Waals surface area contributed by atoms with Crippen molar-refractivity contribution in [3.05, 3.63) is 89.6 Å². The van der Waals surface area contributed by atoms with Crippen molar-refractivity contribution in [2.45, 2.75) is 20.8 Å². The van der Waals surface area contributed by atoms with Crippen LogP contribution in [0.5, 0.6) is 5.75 Å². The fourth-order valence-electron chi connectivity index (χ4n) is 3.75. The van der Waals surface area contributed by atoms with Crippen LogP contribution in [0.3, 0.4) is 0 Å². The van der Waals surface area contributed by atoms with Gasteiger partial charge in [0.05, 0.1) is 23.6 Å². The predicted molar refractivity (Wildman–Crippen MR) is 133 cm³/mol. The number of anilines is 3. The first-order valence-corrected chi connectivity index (χ1v) is 11.0. The molecule has 7 heteroatoms. The summed E-state index contributed by atoms with van der Waals surface area (Å²) < 4.78 is 5.69. The Morgan fingerprint density at radius 3 is 2.24 bits per heavy atom. The topological polar surface area (TPSA) is 87.7 Å². The number of carbonyl (C=O) groups is 3. The minimum atomic E-state index is -0.473. The molecule has 3 aromatic carbocycles. The number of nitrogens with one attached hydrogen (secondary N) is 2. The third-order valence-corrected chi connectivity index (χ3v) is 5.32. The monoisotopic (exact) mass is 455 g/mol. The molecule has 0 atom stereocenters.